The maximum absolute atomic E-state index is 13.9. The fourth-order valence-corrected chi connectivity index (χ4v) is 7.89. The van der Waals surface area contributed by atoms with Gasteiger partial charge in [-0.3, -0.25) is 14.7 Å². The Labute approximate surface area is 269 Å². The maximum atomic E-state index is 13.9. The van der Waals surface area contributed by atoms with Gasteiger partial charge in [0.25, 0.3) is 5.91 Å². The number of aromatic nitrogens is 3. The van der Waals surface area contributed by atoms with Crippen LogP contribution in [0.2, 0.25) is 0 Å². The highest BCUT2D eigenvalue weighted by Gasteiger charge is 2.48. The minimum Gasteiger partial charge on any atom is -0.477 e. The number of carbonyl (C=O) groups is 3. The number of hydrogen-bond acceptors (Lipinski definition) is 8. The molecule has 16 heteroatoms. The average molecular weight is 665 g/mol. The summed E-state index contributed by atoms with van der Waals surface area (Å²) in [6, 6.07) is 10.6. The molecule has 6 rings (SSSR count). The van der Waals surface area contributed by atoms with Crippen LogP contribution in [0.4, 0.5) is 15.9 Å². The molecule has 2 aromatic heterocycles. The number of hydrogen-bond donors (Lipinski definition) is 4. The Morgan fingerprint density at radius 2 is 1.72 bits per heavy atom. The Kier molecular flexibility index (Phi) is 7.89. The number of nitrogens with zero attached hydrogens (tertiary/aromatic N) is 5. The number of aromatic carboxylic acids is 1. The van der Waals surface area contributed by atoms with Gasteiger partial charge in [-0.05, 0) is 63.4 Å². The average Bonchev–Trinajstić information content (AvgIpc) is 3.73. The molecule has 2 aliphatic rings. The van der Waals surface area contributed by atoms with E-state index < -0.39 is 39.2 Å². The van der Waals surface area contributed by atoms with E-state index in [2.05, 4.69) is 20.4 Å². The summed E-state index contributed by atoms with van der Waals surface area (Å²) in [6.07, 6.45) is 1.56. The summed E-state index contributed by atoms with van der Waals surface area (Å²) in [5.74, 6) is -3.50. The van der Waals surface area contributed by atoms with Gasteiger partial charge in [-0.1, -0.05) is 6.07 Å². The van der Waals surface area contributed by atoms with Gasteiger partial charge in [0.1, 0.15) is 11.5 Å². The van der Waals surface area contributed by atoms with Crippen molar-refractivity contribution in [3.63, 3.8) is 0 Å². The van der Waals surface area contributed by atoms with Gasteiger partial charge in [0.2, 0.25) is 15.9 Å². The van der Waals surface area contributed by atoms with Crippen LogP contribution in [-0.2, 0) is 22.1 Å². The summed E-state index contributed by atoms with van der Waals surface area (Å²) >= 11 is 0. The van der Waals surface area contributed by atoms with Gasteiger partial charge in [0.05, 0.1) is 38.6 Å². The lowest BCUT2D eigenvalue weighted by Crippen LogP contribution is -2.45. The number of benzene rings is 2. The number of carboxylic acid groups (broad SMARTS) is 1. The largest absolute Gasteiger partial charge is 0.477 e. The lowest BCUT2D eigenvalue weighted by molar-refractivity contribution is 0.0687. The van der Waals surface area contributed by atoms with Crippen LogP contribution < -0.4 is 16.0 Å². The maximum Gasteiger partial charge on any atom is 0.352 e. The fraction of sp³-hybridized carbons (Fsp3) is 0.290. The Balaban J connectivity index is 1.39. The molecule has 0 spiro atoms. The van der Waals surface area contributed by atoms with Crippen LogP contribution in [0.1, 0.15) is 56.3 Å². The normalized spacial score (nSPS) is 16.6. The SMILES string of the molecule is CN1CCN(c2cc(C(N)=O)c(C(=O)Nc3n[nH]c4c3CN(S(=O)(=O)c3cccc(F)c3)C4(C)C)cc2-n2cccc2C(=O)O)CC1. The fourth-order valence-electron chi connectivity index (χ4n) is 6.14. The number of fused-ring (bicyclic) bond motifs is 1. The number of aromatic amines is 1. The highest BCUT2D eigenvalue weighted by atomic mass is 32.2. The summed E-state index contributed by atoms with van der Waals surface area (Å²) in [4.78, 5) is 42.7. The predicted molar refractivity (Wildman–Crippen MR) is 170 cm³/mol. The molecule has 2 aromatic carbocycles. The third kappa shape index (κ3) is 5.53. The Bertz CT molecular complexity index is 2030. The third-order valence-corrected chi connectivity index (χ3v) is 10.7. The molecule has 0 aliphatic carbocycles. The number of carbonyl (C=O) groups excluding carboxylic acids is 2. The lowest BCUT2D eigenvalue weighted by Gasteiger charge is -2.35. The molecule has 2 amide bonds. The van der Waals surface area contributed by atoms with E-state index in [1.54, 1.807) is 26.1 Å². The van der Waals surface area contributed by atoms with E-state index in [4.69, 9.17) is 5.73 Å². The molecule has 246 valence electrons. The number of primary amides is 1. The first-order chi connectivity index (χ1) is 22.2. The van der Waals surface area contributed by atoms with Crippen molar-refractivity contribution >= 4 is 39.3 Å². The first-order valence-corrected chi connectivity index (χ1v) is 16.1. The molecule has 0 saturated carbocycles. The van der Waals surface area contributed by atoms with Crippen molar-refractivity contribution in [3.8, 4) is 5.69 Å². The van der Waals surface area contributed by atoms with Crippen LogP contribution >= 0.6 is 0 Å². The van der Waals surface area contributed by atoms with E-state index in [0.717, 1.165) is 25.2 Å². The summed E-state index contributed by atoms with van der Waals surface area (Å²) in [5.41, 5.74) is 6.06. The zero-order valence-electron chi connectivity index (χ0n) is 25.8. The number of nitrogens with one attached hydrogen (secondary N) is 2. The Morgan fingerprint density at radius 1 is 1.02 bits per heavy atom. The number of anilines is 2. The molecule has 1 saturated heterocycles. The van der Waals surface area contributed by atoms with E-state index >= 15 is 0 Å². The van der Waals surface area contributed by atoms with Crippen molar-refractivity contribution in [3.05, 3.63) is 88.6 Å². The van der Waals surface area contributed by atoms with Crippen LogP contribution in [0.5, 0.6) is 0 Å². The number of sulfonamides is 1. The minimum absolute atomic E-state index is 0.0299. The number of piperazine rings is 1. The number of halogens is 1. The summed E-state index contributed by atoms with van der Waals surface area (Å²) < 4.78 is 43.7. The molecule has 14 nitrogen and oxygen atoms in total. The zero-order chi connectivity index (χ0) is 33.8. The number of rotatable bonds is 8. The van der Waals surface area contributed by atoms with Crippen molar-refractivity contribution in [1.82, 2.24) is 24.0 Å². The van der Waals surface area contributed by atoms with Crippen LogP contribution in [0, 0.1) is 5.82 Å². The van der Waals surface area contributed by atoms with Gasteiger partial charge in [0.15, 0.2) is 5.82 Å². The van der Waals surface area contributed by atoms with Crippen molar-refractivity contribution in [2.45, 2.75) is 30.8 Å². The quantitative estimate of drug-likeness (QED) is 0.220. The summed E-state index contributed by atoms with van der Waals surface area (Å²) in [5, 5.41) is 19.6. The molecule has 0 radical (unpaired) electrons. The number of carboxylic acids is 1. The summed E-state index contributed by atoms with van der Waals surface area (Å²) in [7, 11) is -2.19. The third-order valence-electron chi connectivity index (χ3n) is 8.72. The van der Waals surface area contributed by atoms with Gasteiger partial charge in [-0.2, -0.15) is 9.40 Å². The molecule has 4 heterocycles. The standard InChI is InChI=1S/C31H33FN8O6S/c1-31(2)26-22(17-40(31)47(45,46)19-7-4-6-18(32)14-19)28(36-35-26)34-29(42)21-16-25(39-9-5-8-23(39)30(43)44)24(15-20(21)27(33)41)38-12-10-37(3)11-13-38/h4-9,14-16H,10-13,17H2,1-3H3,(H2,33,41)(H,43,44)(H2,34,35,36,42). The number of H-pyrrole nitrogens is 1. The van der Waals surface area contributed by atoms with E-state index in [0.29, 0.717) is 35.7 Å². The molecule has 0 bridgehead atoms. The van der Waals surface area contributed by atoms with E-state index in [1.165, 1.54) is 39.2 Å². The van der Waals surface area contributed by atoms with Gasteiger partial charge in [0, 0.05) is 44.5 Å². The van der Waals surface area contributed by atoms with E-state index in [-0.39, 0.29) is 34.1 Å². The first kappa shape index (κ1) is 31.9. The number of nitrogens with two attached hydrogens (primary N) is 1. The highest BCUT2D eigenvalue weighted by Crippen LogP contribution is 2.44. The molecule has 0 atom stereocenters. The highest BCUT2D eigenvalue weighted by molar-refractivity contribution is 7.89. The second-order valence-electron chi connectivity index (χ2n) is 12.0. The molecular weight excluding hydrogens is 631 g/mol. The van der Waals surface area contributed by atoms with Gasteiger partial charge in [-0.25, -0.2) is 17.6 Å². The number of amides is 2. The molecular formula is C31H33FN8O6S. The monoisotopic (exact) mass is 664 g/mol. The Morgan fingerprint density at radius 3 is 2.38 bits per heavy atom. The van der Waals surface area contributed by atoms with Gasteiger partial charge < -0.3 is 30.5 Å². The molecule has 4 aromatic rings. The topological polar surface area (TPSA) is 187 Å². The second-order valence-corrected chi connectivity index (χ2v) is 13.9. The molecule has 47 heavy (non-hydrogen) atoms. The van der Waals surface area contributed by atoms with Gasteiger partial charge >= 0.3 is 5.97 Å². The van der Waals surface area contributed by atoms with Gasteiger partial charge in [-0.15, -0.1) is 0 Å². The molecule has 5 N–H and O–H groups in total. The van der Waals surface area contributed by atoms with Crippen molar-refractivity contribution in [1.29, 1.82) is 0 Å². The van der Waals surface area contributed by atoms with Crippen molar-refractivity contribution in [2.75, 3.05) is 43.4 Å². The first-order valence-electron chi connectivity index (χ1n) is 14.7. The molecule has 0 unspecified atom stereocenters. The van der Waals surface area contributed by atoms with Crippen molar-refractivity contribution < 1.29 is 32.3 Å². The number of likely N-dealkylation sites (N-methyl/N-ethyl adjacent to an activating group) is 1. The van der Waals surface area contributed by atoms with E-state index in [1.807, 2.05) is 11.9 Å². The smallest absolute Gasteiger partial charge is 0.352 e. The Hall–Kier alpha value is -5.06. The van der Waals surface area contributed by atoms with Crippen molar-refractivity contribution in [2.24, 2.45) is 5.73 Å². The molecule has 2 aliphatic heterocycles. The lowest BCUT2D eigenvalue weighted by atomic mass is 10.0. The second kappa shape index (κ2) is 11.6. The van der Waals surface area contributed by atoms with Crippen LogP contribution in [0.3, 0.4) is 0 Å². The predicted octanol–water partition coefficient (Wildman–Crippen LogP) is 2.58. The van der Waals surface area contributed by atoms with Crippen LogP contribution in [-0.4, -0.2) is 88.5 Å². The minimum atomic E-state index is -4.17. The zero-order valence-corrected chi connectivity index (χ0v) is 26.6. The van der Waals surface area contributed by atoms with E-state index in [9.17, 15) is 32.3 Å². The van der Waals surface area contributed by atoms with Crippen LogP contribution in [0.15, 0.2) is 59.6 Å². The summed E-state index contributed by atoms with van der Waals surface area (Å²) in [6.45, 7) is 5.74. The van der Waals surface area contributed by atoms with Crippen LogP contribution in [0.25, 0.3) is 5.69 Å². The molecule has 1 fully saturated rings.